The first-order valence-electron chi connectivity index (χ1n) is 6.67. The van der Waals surface area contributed by atoms with Gasteiger partial charge in [0, 0.05) is 14.9 Å². The molecule has 0 aromatic heterocycles. The zero-order valence-electron chi connectivity index (χ0n) is 11.7. The van der Waals surface area contributed by atoms with Crippen LogP contribution in [0.3, 0.4) is 0 Å². The fraction of sp³-hybridized carbons (Fsp3) is 0.188. The Morgan fingerprint density at radius 1 is 1.00 bits per heavy atom. The minimum absolute atomic E-state index is 0.0281. The smallest absolute Gasteiger partial charge is 0.230 e. The molecular formula is C16H15Cl2NO2S. The molecule has 6 heteroatoms. The van der Waals surface area contributed by atoms with Crippen LogP contribution in [0.15, 0.2) is 53.4 Å². The van der Waals surface area contributed by atoms with E-state index in [9.17, 15) is 4.79 Å². The van der Waals surface area contributed by atoms with Crippen LogP contribution >= 0.6 is 35.0 Å². The van der Waals surface area contributed by atoms with Crippen LogP contribution in [0.25, 0.3) is 0 Å². The number of halogens is 2. The predicted molar refractivity (Wildman–Crippen MR) is 92.1 cm³/mol. The number of benzene rings is 2. The first-order valence-corrected chi connectivity index (χ1v) is 8.41. The van der Waals surface area contributed by atoms with E-state index in [1.165, 1.54) is 11.8 Å². The SMILES string of the molecule is O=C(CSc1ccc(Cl)cc1)NCCOc1ccc(Cl)cc1. The number of ether oxygens (including phenoxy) is 1. The van der Waals surface area contributed by atoms with Crippen molar-refractivity contribution in [2.45, 2.75) is 4.90 Å². The van der Waals surface area contributed by atoms with E-state index in [1.54, 1.807) is 24.3 Å². The quantitative estimate of drug-likeness (QED) is 0.594. The molecule has 0 aliphatic rings. The molecule has 0 aliphatic carbocycles. The third kappa shape index (κ3) is 6.18. The van der Waals surface area contributed by atoms with E-state index >= 15 is 0 Å². The molecule has 0 bridgehead atoms. The van der Waals surface area contributed by atoms with Crippen molar-refractivity contribution in [1.82, 2.24) is 5.32 Å². The van der Waals surface area contributed by atoms with E-state index in [1.807, 2.05) is 24.3 Å². The molecule has 0 atom stereocenters. The Hall–Kier alpha value is -1.36. The van der Waals surface area contributed by atoms with Gasteiger partial charge in [-0.15, -0.1) is 11.8 Å². The molecule has 0 unspecified atom stereocenters. The first kappa shape index (κ1) is 17.0. The molecule has 0 radical (unpaired) electrons. The molecule has 0 saturated heterocycles. The fourth-order valence-corrected chi connectivity index (χ4v) is 2.60. The lowest BCUT2D eigenvalue weighted by Crippen LogP contribution is -2.29. The van der Waals surface area contributed by atoms with E-state index in [4.69, 9.17) is 27.9 Å². The number of nitrogens with one attached hydrogen (secondary N) is 1. The van der Waals surface area contributed by atoms with E-state index in [0.717, 1.165) is 10.6 Å². The van der Waals surface area contributed by atoms with Gasteiger partial charge >= 0.3 is 0 Å². The highest BCUT2D eigenvalue weighted by Gasteiger charge is 2.02. The maximum Gasteiger partial charge on any atom is 0.230 e. The standard InChI is InChI=1S/C16H15Cl2NO2S/c17-12-1-5-14(6-2-12)21-10-9-19-16(20)11-22-15-7-3-13(18)4-8-15/h1-8H,9-11H2,(H,19,20). The maximum atomic E-state index is 11.7. The average Bonchev–Trinajstić information content (AvgIpc) is 2.53. The molecule has 1 N–H and O–H groups in total. The van der Waals surface area contributed by atoms with Gasteiger partial charge in [-0.3, -0.25) is 4.79 Å². The van der Waals surface area contributed by atoms with Crippen molar-refractivity contribution in [2.75, 3.05) is 18.9 Å². The lowest BCUT2D eigenvalue weighted by atomic mass is 10.3. The Bertz CT molecular complexity index is 603. The van der Waals surface area contributed by atoms with Gasteiger partial charge < -0.3 is 10.1 Å². The molecule has 0 fully saturated rings. The van der Waals surface area contributed by atoms with Crippen LogP contribution in [-0.4, -0.2) is 24.8 Å². The van der Waals surface area contributed by atoms with Crippen molar-refractivity contribution in [3.8, 4) is 5.75 Å². The zero-order valence-corrected chi connectivity index (χ0v) is 14.0. The maximum absolute atomic E-state index is 11.7. The van der Waals surface area contributed by atoms with Gasteiger partial charge in [-0.05, 0) is 48.5 Å². The van der Waals surface area contributed by atoms with Crippen LogP contribution in [0.4, 0.5) is 0 Å². The lowest BCUT2D eigenvalue weighted by molar-refractivity contribution is -0.118. The van der Waals surface area contributed by atoms with Crippen molar-refractivity contribution in [3.05, 3.63) is 58.6 Å². The fourth-order valence-electron chi connectivity index (χ4n) is 1.62. The van der Waals surface area contributed by atoms with Crippen LogP contribution in [0.5, 0.6) is 5.75 Å². The Kier molecular flexibility index (Phi) is 6.90. The normalized spacial score (nSPS) is 10.3. The van der Waals surface area contributed by atoms with Crippen molar-refractivity contribution < 1.29 is 9.53 Å². The predicted octanol–water partition coefficient (Wildman–Crippen LogP) is 4.28. The van der Waals surface area contributed by atoms with Gasteiger partial charge in [0.1, 0.15) is 12.4 Å². The Labute approximate surface area is 144 Å². The molecule has 116 valence electrons. The molecule has 0 heterocycles. The highest BCUT2D eigenvalue weighted by atomic mass is 35.5. The van der Waals surface area contributed by atoms with Crippen molar-refractivity contribution in [1.29, 1.82) is 0 Å². The van der Waals surface area contributed by atoms with E-state index < -0.39 is 0 Å². The number of hydrogen-bond acceptors (Lipinski definition) is 3. The molecule has 0 spiro atoms. The first-order chi connectivity index (χ1) is 10.6. The summed E-state index contributed by atoms with van der Waals surface area (Å²) >= 11 is 13.1. The van der Waals surface area contributed by atoms with Gasteiger partial charge in [0.2, 0.25) is 5.91 Å². The number of carbonyl (C=O) groups is 1. The van der Waals surface area contributed by atoms with Crippen LogP contribution in [0, 0.1) is 0 Å². The lowest BCUT2D eigenvalue weighted by Gasteiger charge is -2.08. The Balaban J connectivity index is 1.61. The summed E-state index contributed by atoms with van der Waals surface area (Å²) in [5.41, 5.74) is 0. The Morgan fingerprint density at radius 2 is 1.59 bits per heavy atom. The third-order valence-electron chi connectivity index (χ3n) is 2.69. The van der Waals surface area contributed by atoms with Crippen LogP contribution < -0.4 is 10.1 Å². The monoisotopic (exact) mass is 355 g/mol. The van der Waals surface area contributed by atoms with Crippen molar-refractivity contribution in [2.24, 2.45) is 0 Å². The second kappa shape index (κ2) is 8.93. The van der Waals surface area contributed by atoms with Crippen LogP contribution in [0.2, 0.25) is 10.0 Å². The van der Waals surface area contributed by atoms with Gasteiger partial charge in [-0.2, -0.15) is 0 Å². The highest BCUT2D eigenvalue weighted by Crippen LogP contribution is 2.20. The zero-order chi connectivity index (χ0) is 15.8. The molecular weight excluding hydrogens is 341 g/mol. The van der Waals surface area contributed by atoms with Gasteiger partial charge in [-0.1, -0.05) is 23.2 Å². The van der Waals surface area contributed by atoms with Crippen molar-refractivity contribution >= 4 is 40.9 Å². The number of hydrogen-bond donors (Lipinski definition) is 1. The summed E-state index contributed by atoms with van der Waals surface area (Å²) in [6, 6.07) is 14.5. The summed E-state index contributed by atoms with van der Waals surface area (Å²) in [5, 5.41) is 4.16. The summed E-state index contributed by atoms with van der Waals surface area (Å²) in [7, 11) is 0. The molecule has 22 heavy (non-hydrogen) atoms. The summed E-state index contributed by atoms with van der Waals surface area (Å²) < 4.78 is 5.49. The molecule has 2 aromatic carbocycles. The van der Waals surface area contributed by atoms with Gasteiger partial charge in [0.25, 0.3) is 0 Å². The van der Waals surface area contributed by atoms with E-state index in [2.05, 4.69) is 5.32 Å². The van der Waals surface area contributed by atoms with Gasteiger partial charge in [-0.25, -0.2) is 0 Å². The molecule has 3 nitrogen and oxygen atoms in total. The van der Waals surface area contributed by atoms with E-state index in [0.29, 0.717) is 28.9 Å². The largest absolute Gasteiger partial charge is 0.492 e. The minimum Gasteiger partial charge on any atom is -0.492 e. The molecule has 0 aliphatic heterocycles. The molecule has 1 amide bonds. The second-order valence-electron chi connectivity index (χ2n) is 4.39. The van der Waals surface area contributed by atoms with E-state index in [-0.39, 0.29) is 5.91 Å². The minimum atomic E-state index is -0.0281. The number of rotatable bonds is 7. The topological polar surface area (TPSA) is 38.3 Å². The summed E-state index contributed by atoms with van der Waals surface area (Å²) in [6.45, 7) is 0.877. The van der Waals surface area contributed by atoms with Crippen molar-refractivity contribution in [3.63, 3.8) is 0 Å². The summed E-state index contributed by atoms with van der Waals surface area (Å²) in [5.74, 6) is 1.07. The number of amides is 1. The van der Waals surface area contributed by atoms with Gasteiger partial charge in [0.15, 0.2) is 0 Å². The second-order valence-corrected chi connectivity index (χ2v) is 6.32. The summed E-state index contributed by atoms with van der Waals surface area (Å²) in [6.07, 6.45) is 0. The van der Waals surface area contributed by atoms with Crippen LogP contribution in [-0.2, 0) is 4.79 Å². The van der Waals surface area contributed by atoms with Crippen LogP contribution in [0.1, 0.15) is 0 Å². The number of carbonyl (C=O) groups excluding carboxylic acids is 1. The van der Waals surface area contributed by atoms with Gasteiger partial charge in [0.05, 0.1) is 12.3 Å². The molecule has 0 saturated carbocycles. The molecule has 2 rings (SSSR count). The highest BCUT2D eigenvalue weighted by molar-refractivity contribution is 8.00. The molecule has 2 aromatic rings. The Morgan fingerprint density at radius 3 is 2.23 bits per heavy atom. The summed E-state index contributed by atoms with van der Waals surface area (Å²) in [4.78, 5) is 12.7. The average molecular weight is 356 g/mol. The number of thioether (sulfide) groups is 1. The third-order valence-corrected chi connectivity index (χ3v) is 4.21.